The summed E-state index contributed by atoms with van der Waals surface area (Å²) in [5.74, 6) is -0.195. The van der Waals surface area contributed by atoms with Gasteiger partial charge in [0.1, 0.15) is 12.7 Å². The van der Waals surface area contributed by atoms with Gasteiger partial charge in [-0.1, -0.05) is 12.1 Å². The van der Waals surface area contributed by atoms with Gasteiger partial charge in [0.2, 0.25) is 5.91 Å². The molecule has 0 aliphatic heterocycles. The maximum absolute atomic E-state index is 11.4. The van der Waals surface area contributed by atoms with E-state index in [4.69, 9.17) is 5.73 Å². The van der Waals surface area contributed by atoms with E-state index in [1.807, 2.05) is 24.3 Å². The lowest BCUT2D eigenvalue weighted by Crippen LogP contribution is -2.32. The van der Waals surface area contributed by atoms with Crippen LogP contribution in [0.5, 0.6) is 0 Å². The SMILES string of the molecule is C[C@H](N)C(=O)Nc1ccc(Cn2cncn2)cc1.Cl.Cl. The molecule has 3 N–H and O–H groups in total. The largest absolute Gasteiger partial charge is 0.325 e. The van der Waals surface area contributed by atoms with Gasteiger partial charge in [-0.25, -0.2) is 9.67 Å². The molecule has 2 aromatic rings. The number of anilines is 1. The first-order chi connectivity index (χ1) is 8.65. The Bertz CT molecular complexity index is 513. The van der Waals surface area contributed by atoms with Crippen LogP contribution in [0.3, 0.4) is 0 Å². The number of nitrogens with zero attached hydrogens (tertiary/aromatic N) is 3. The van der Waals surface area contributed by atoms with E-state index >= 15 is 0 Å². The first-order valence-electron chi connectivity index (χ1n) is 5.63. The number of nitrogens with two attached hydrogens (primary N) is 1. The summed E-state index contributed by atoms with van der Waals surface area (Å²) in [6.07, 6.45) is 3.16. The van der Waals surface area contributed by atoms with Crippen LogP contribution in [-0.2, 0) is 11.3 Å². The summed E-state index contributed by atoms with van der Waals surface area (Å²) in [5.41, 5.74) is 7.29. The van der Waals surface area contributed by atoms with E-state index in [9.17, 15) is 4.79 Å². The third kappa shape index (κ3) is 5.16. The molecule has 0 fully saturated rings. The quantitative estimate of drug-likeness (QED) is 0.893. The number of benzene rings is 1. The number of aromatic nitrogens is 3. The van der Waals surface area contributed by atoms with Crippen LogP contribution in [0.15, 0.2) is 36.9 Å². The summed E-state index contributed by atoms with van der Waals surface area (Å²) in [7, 11) is 0. The average Bonchev–Trinajstić information content (AvgIpc) is 2.84. The molecular formula is C12H17Cl2N5O. The fourth-order valence-corrected chi connectivity index (χ4v) is 1.45. The lowest BCUT2D eigenvalue weighted by atomic mass is 10.2. The first kappa shape index (κ1) is 18.4. The van der Waals surface area contributed by atoms with Crippen molar-refractivity contribution < 1.29 is 4.79 Å². The van der Waals surface area contributed by atoms with E-state index in [-0.39, 0.29) is 30.7 Å². The highest BCUT2D eigenvalue weighted by molar-refractivity contribution is 5.94. The second-order valence-corrected chi connectivity index (χ2v) is 4.07. The van der Waals surface area contributed by atoms with Crippen molar-refractivity contribution in [3.63, 3.8) is 0 Å². The van der Waals surface area contributed by atoms with Gasteiger partial charge in [-0.15, -0.1) is 24.8 Å². The van der Waals surface area contributed by atoms with Crippen molar-refractivity contribution in [2.75, 3.05) is 5.32 Å². The second kappa shape index (κ2) is 8.52. The van der Waals surface area contributed by atoms with E-state index < -0.39 is 6.04 Å². The van der Waals surface area contributed by atoms with Gasteiger partial charge in [0.15, 0.2) is 0 Å². The normalized spacial score (nSPS) is 10.9. The predicted molar refractivity (Wildman–Crippen MR) is 82.3 cm³/mol. The topological polar surface area (TPSA) is 85.8 Å². The zero-order valence-corrected chi connectivity index (χ0v) is 12.5. The number of rotatable bonds is 4. The number of amides is 1. The highest BCUT2D eigenvalue weighted by atomic mass is 35.5. The van der Waals surface area contributed by atoms with Crippen LogP contribution in [0, 0.1) is 0 Å². The molecule has 2 rings (SSSR count). The maximum Gasteiger partial charge on any atom is 0.240 e. The van der Waals surface area contributed by atoms with E-state index in [1.54, 1.807) is 17.9 Å². The van der Waals surface area contributed by atoms with Crippen molar-refractivity contribution in [1.29, 1.82) is 0 Å². The molecule has 1 aromatic carbocycles. The highest BCUT2D eigenvalue weighted by Gasteiger charge is 2.06. The van der Waals surface area contributed by atoms with Crippen LogP contribution in [-0.4, -0.2) is 26.7 Å². The summed E-state index contributed by atoms with van der Waals surface area (Å²) < 4.78 is 1.73. The molecule has 0 aliphatic rings. The standard InChI is InChI=1S/C12H15N5O.2ClH/c1-9(13)12(18)16-11-4-2-10(3-5-11)6-17-8-14-7-15-17;;/h2-5,7-9H,6,13H2,1H3,(H,16,18);2*1H/t9-;;/m0../s1. The minimum Gasteiger partial charge on any atom is -0.325 e. The Morgan fingerprint density at radius 3 is 2.50 bits per heavy atom. The van der Waals surface area contributed by atoms with Crippen LogP contribution >= 0.6 is 24.8 Å². The van der Waals surface area contributed by atoms with E-state index in [0.717, 1.165) is 11.3 Å². The number of nitrogens with one attached hydrogen (secondary N) is 1. The molecule has 6 nitrogen and oxygen atoms in total. The van der Waals surface area contributed by atoms with E-state index in [1.165, 1.54) is 6.33 Å². The minimum atomic E-state index is -0.514. The van der Waals surface area contributed by atoms with Gasteiger partial charge in [-0.05, 0) is 24.6 Å². The Kier molecular flexibility index (Phi) is 7.83. The van der Waals surface area contributed by atoms with Gasteiger partial charge in [0, 0.05) is 5.69 Å². The number of carbonyl (C=O) groups is 1. The van der Waals surface area contributed by atoms with Crippen molar-refractivity contribution in [3.8, 4) is 0 Å². The minimum absolute atomic E-state index is 0. The van der Waals surface area contributed by atoms with E-state index in [0.29, 0.717) is 6.54 Å². The Balaban J connectivity index is 0.00000180. The van der Waals surface area contributed by atoms with Crippen molar-refractivity contribution in [2.24, 2.45) is 5.73 Å². The molecule has 8 heteroatoms. The monoisotopic (exact) mass is 317 g/mol. The van der Waals surface area contributed by atoms with Gasteiger partial charge in [-0.3, -0.25) is 4.79 Å². The van der Waals surface area contributed by atoms with Crippen LogP contribution < -0.4 is 11.1 Å². The number of carbonyl (C=O) groups excluding carboxylic acids is 1. The fraction of sp³-hybridized carbons (Fsp3) is 0.250. The Hall–Kier alpha value is -1.63. The smallest absolute Gasteiger partial charge is 0.240 e. The Morgan fingerprint density at radius 1 is 1.35 bits per heavy atom. The van der Waals surface area contributed by atoms with Gasteiger partial charge in [0.25, 0.3) is 0 Å². The summed E-state index contributed by atoms with van der Waals surface area (Å²) in [6.45, 7) is 2.30. The average molecular weight is 318 g/mol. The molecule has 1 atom stereocenters. The Labute approximate surface area is 129 Å². The van der Waals surface area contributed by atoms with Crippen molar-refractivity contribution in [2.45, 2.75) is 19.5 Å². The fourth-order valence-electron chi connectivity index (χ4n) is 1.45. The third-order valence-electron chi connectivity index (χ3n) is 2.45. The van der Waals surface area contributed by atoms with Crippen molar-refractivity contribution in [1.82, 2.24) is 14.8 Å². The molecule has 110 valence electrons. The summed E-state index contributed by atoms with van der Waals surface area (Å²) in [5, 5.41) is 6.75. The maximum atomic E-state index is 11.4. The van der Waals surface area contributed by atoms with Gasteiger partial charge in [-0.2, -0.15) is 5.10 Å². The second-order valence-electron chi connectivity index (χ2n) is 4.07. The summed E-state index contributed by atoms with van der Waals surface area (Å²) in [4.78, 5) is 15.3. The third-order valence-corrected chi connectivity index (χ3v) is 2.45. The molecule has 0 spiro atoms. The highest BCUT2D eigenvalue weighted by Crippen LogP contribution is 2.10. The van der Waals surface area contributed by atoms with Gasteiger partial charge >= 0.3 is 0 Å². The molecule has 1 heterocycles. The molecule has 0 unspecified atom stereocenters. The van der Waals surface area contributed by atoms with Crippen LogP contribution in [0.1, 0.15) is 12.5 Å². The van der Waals surface area contributed by atoms with Crippen molar-refractivity contribution >= 4 is 36.4 Å². The molecule has 0 bridgehead atoms. The van der Waals surface area contributed by atoms with Crippen LogP contribution in [0.4, 0.5) is 5.69 Å². The van der Waals surface area contributed by atoms with Crippen LogP contribution in [0.2, 0.25) is 0 Å². The zero-order valence-electron chi connectivity index (χ0n) is 10.9. The molecule has 0 saturated carbocycles. The summed E-state index contributed by atoms with van der Waals surface area (Å²) >= 11 is 0. The van der Waals surface area contributed by atoms with E-state index in [2.05, 4.69) is 15.4 Å². The lowest BCUT2D eigenvalue weighted by Gasteiger charge is -2.08. The molecule has 20 heavy (non-hydrogen) atoms. The van der Waals surface area contributed by atoms with Crippen LogP contribution in [0.25, 0.3) is 0 Å². The molecule has 0 radical (unpaired) electrons. The van der Waals surface area contributed by atoms with Crippen molar-refractivity contribution in [3.05, 3.63) is 42.5 Å². The Morgan fingerprint density at radius 2 is 2.00 bits per heavy atom. The molecular weight excluding hydrogens is 301 g/mol. The molecule has 1 amide bonds. The molecule has 1 aromatic heterocycles. The molecule has 0 aliphatic carbocycles. The van der Waals surface area contributed by atoms with Gasteiger partial charge < -0.3 is 11.1 Å². The predicted octanol–water partition coefficient (Wildman–Crippen LogP) is 1.46. The first-order valence-corrected chi connectivity index (χ1v) is 5.63. The zero-order chi connectivity index (χ0) is 13.0. The lowest BCUT2D eigenvalue weighted by molar-refractivity contribution is -0.117. The van der Waals surface area contributed by atoms with Gasteiger partial charge in [0.05, 0.1) is 12.6 Å². The number of hydrogen-bond donors (Lipinski definition) is 2. The number of hydrogen-bond acceptors (Lipinski definition) is 4. The summed E-state index contributed by atoms with van der Waals surface area (Å²) in [6, 6.07) is 7.02. The molecule has 0 saturated heterocycles. The number of halogens is 2.